The molecule has 0 amide bonds. The number of nitrogens with zero attached hydrogens (tertiary/aromatic N) is 1. The lowest BCUT2D eigenvalue weighted by molar-refractivity contribution is -0.141. The average molecular weight is 408 g/mol. The molecule has 0 radical (unpaired) electrons. The summed E-state index contributed by atoms with van der Waals surface area (Å²) in [5.74, 6) is 0.603. The second-order valence-corrected chi connectivity index (χ2v) is 8.92. The van der Waals surface area contributed by atoms with E-state index in [4.69, 9.17) is 18.9 Å². The third-order valence-corrected chi connectivity index (χ3v) is 6.94. The van der Waals surface area contributed by atoms with Crippen molar-refractivity contribution in [1.82, 2.24) is 4.90 Å². The van der Waals surface area contributed by atoms with Gasteiger partial charge in [0.2, 0.25) is 0 Å². The van der Waals surface area contributed by atoms with Crippen LogP contribution in [-0.4, -0.2) is 68.3 Å². The molecule has 1 aliphatic carbocycles. The van der Waals surface area contributed by atoms with Crippen LogP contribution in [0.15, 0.2) is 12.2 Å². The quantitative estimate of drug-likeness (QED) is 0.332. The maximum Gasteiger partial charge on any atom is 0.306 e. The second kappa shape index (κ2) is 10.4. The number of hydrogen-bond acceptors (Lipinski definition) is 6. The minimum absolute atomic E-state index is 0.0334. The Balaban J connectivity index is 1.44. The summed E-state index contributed by atoms with van der Waals surface area (Å²) in [6.07, 6.45) is 12.9. The van der Waals surface area contributed by atoms with Crippen molar-refractivity contribution >= 4 is 5.97 Å². The molecule has 1 saturated carbocycles. The van der Waals surface area contributed by atoms with Crippen molar-refractivity contribution in [3.05, 3.63) is 12.2 Å². The average Bonchev–Trinajstić information content (AvgIpc) is 3.43. The molecule has 0 spiro atoms. The van der Waals surface area contributed by atoms with Crippen LogP contribution in [0.4, 0.5) is 0 Å². The molecule has 4 aliphatic rings. The van der Waals surface area contributed by atoms with E-state index in [2.05, 4.69) is 24.0 Å². The van der Waals surface area contributed by atoms with Crippen LogP contribution in [0, 0.1) is 11.8 Å². The fourth-order valence-electron chi connectivity index (χ4n) is 5.40. The molecular weight excluding hydrogens is 370 g/mol. The van der Waals surface area contributed by atoms with Gasteiger partial charge in [-0.05, 0) is 18.8 Å². The first kappa shape index (κ1) is 21.3. The van der Waals surface area contributed by atoms with Crippen molar-refractivity contribution < 1.29 is 23.7 Å². The minimum Gasteiger partial charge on any atom is -0.462 e. The molecule has 0 aromatic carbocycles. The van der Waals surface area contributed by atoms with Gasteiger partial charge in [-0.1, -0.05) is 38.3 Å². The molecule has 0 aromatic heterocycles. The number of hydrogen-bond donors (Lipinski definition) is 0. The summed E-state index contributed by atoms with van der Waals surface area (Å²) in [5, 5.41) is 0. The SMILES string of the molecule is CCCCCC(/C=C/[C@@H]1[C@H]2CC(=O)O[C@H]2C[C@H]1N1CCOCC1)OC1CCCO1. The minimum atomic E-state index is -0.0611. The normalized spacial score (nSPS) is 36.6. The fraction of sp³-hybridized carbons (Fsp3) is 0.870. The van der Waals surface area contributed by atoms with E-state index in [-0.39, 0.29) is 24.5 Å². The van der Waals surface area contributed by atoms with E-state index in [0.717, 1.165) is 58.6 Å². The maximum absolute atomic E-state index is 11.9. The predicted molar refractivity (Wildman–Crippen MR) is 109 cm³/mol. The van der Waals surface area contributed by atoms with Crippen LogP contribution >= 0.6 is 0 Å². The van der Waals surface area contributed by atoms with Crippen LogP contribution in [0.2, 0.25) is 0 Å². The molecule has 4 rings (SSSR count). The first-order valence-corrected chi connectivity index (χ1v) is 11.7. The third kappa shape index (κ3) is 5.40. The maximum atomic E-state index is 11.9. The van der Waals surface area contributed by atoms with E-state index in [9.17, 15) is 4.79 Å². The largest absolute Gasteiger partial charge is 0.462 e. The highest BCUT2D eigenvalue weighted by Gasteiger charge is 2.50. The number of unbranched alkanes of at least 4 members (excludes halogenated alkanes) is 2. The summed E-state index contributed by atoms with van der Waals surface area (Å²) < 4.78 is 23.2. The highest BCUT2D eigenvalue weighted by Crippen LogP contribution is 2.44. The van der Waals surface area contributed by atoms with Gasteiger partial charge in [0.25, 0.3) is 0 Å². The monoisotopic (exact) mass is 407 g/mol. The van der Waals surface area contributed by atoms with Gasteiger partial charge in [-0.25, -0.2) is 0 Å². The molecule has 6 heteroatoms. The van der Waals surface area contributed by atoms with Gasteiger partial charge >= 0.3 is 5.97 Å². The van der Waals surface area contributed by atoms with Gasteiger partial charge in [-0.3, -0.25) is 9.69 Å². The van der Waals surface area contributed by atoms with Gasteiger partial charge < -0.3 is 18.9 Å². The Hall–Kier alpha value is -0.950. The summed E-state index contributed by atoms with van der Waals surface area (Å²) in [6, 6.07) is 0.428. The summed E-state index contributed by atoms with van der Waals surface area (Å²) >= 11 is 0. The van der Waals surface area contributed by atoms with E-state index in [1.165, 1.54) is 19.3 Å². The summed E-state index contributed by atoms with van der Waals surface area (Å²) in [4.78, 5) is 14.4. The summed E-state index contributed by atoms with van der Waals surface area (Å²) in [7, 11) is 0. The number of ether oxygens (including phenoxy) is 4. The molecule has 0 N–H and O–H groups in total. The van der Waals surface area contributed by atoms with Crippen molar-refractivity contribution in [3.63, 3.8) is 0 Å². The van der Waals surface area contributed by atoms with Crippen molar-refractivity contribution in [1.29, 1.82) is 0 Å². The second-order valence-electron chi connectivity index (χ2n) is 8.92. The van der Waals surface area contributed by atoms with E-state index in [0.29, 0.717) is 24.3 Å². The zero-order chi connectivity index (χ0) is 20.1. The number of esters is 1. The Bertz CT molecular complexity index is 555. The summed E-state index contributed by atoms with van der Waals surface area (Å²) in [5.41, 5.74) is 0. The smallest absolute Gasteiger partial charge is 0.306 e. The van der Waals surface area contributed by atoms with E-state index >= 15 is 0 Å². The first-order valence-electron chi connectivity index (χ1n) is 11.7. The van der Waals surface area contributed by atoms with Gasteiger partial charge in [-0.2, -0.15) is 0 Å². The lowest BCUT2D eigenvalue weighted by Crippen LogP contribution is -2.45. The van der Waals surface area contributed by atoms with Gasteiger partial charge in [0.05, 0.1) is 25.7 Å². The highest BCUT2D eigenvalue weighted by molar-refractivity contribution is 5.72. The number of fused-ring (bicyclic) bond motifs is 1. The Morgan fingerprint density at radius 1 is 1.24 bits per heavy atom. The Labute approximate surface area is 174 Å². The molecule has 29 heavy (non-hydrogen) atoms. The van der Waals surface area contributed by atoms with Crippen LogP contribution in [0.25, 0.3) is 0 Å². The molecule has 3 saturated heterocycles. The number of carbonyl (C=O) groups excluding carboxylic acids is 1. The predicted octanol–water partition coefficient (Wildman–Crippen LogP) is 3.30. The fourth-order valence-corrected chi connectivity index (χ4v) is 5.40. The summed E-state index contributed by atoms with van der Waals surface area (Å²) in [6.45, 7) is 6.56. The molecule has 0 bridgehead atoms. The molecule has 3 heterocycles. The van der Waals surface area contributed by atoms with E-state index < -0.39 is 0 Å². The van der Waals surface area contributed by atoms with Crippen molar-refractivity contribution in [2.24, 2.45) is 11.8 Å². The lowest BCUT2D eigenvalue weighted by Gasteiger charge is -2.35. The highest BCUT2D eigenvalue weighted by atomic mass is 16.7. The van der Waals surface area contributed by atoms with E-state index in [1.807, 2.05) is 0 Å². The molecule has 6 atom stereocenters. The number of morpholine rings is 1. The van der Waals surface area contributed by atoms with Crippen molar-refractivity contribution in [3.8, 4) is 0 Å². The Morgan fingerprint density at radius 3 is 2.86 bits per heavy atom. The van der Waals surface area contributed by atoms with Crippen LogP contribution in [0.3, 0.4) is 0 Å². The molecule has 3 aliphatic heterocycles. The van der Waals surface area contributed by atoms with Crippen LogP contribution in [0.1, 0.15) is 58.3 Å². The molecule has 164 valence electrons. The van der Waals surface area contributed by atoms with Gasteiger partial charge in [0.1, 0.15) is 6.10 Å². The van der Waals surface area contributed by atoms with Gasteiger partial charge in [0, 0.05) is 44.5 Å². The molecular formula is C23H37NO5. The van der Waals surface area contributed by atoms with Gasteiger partial charge in [-0.15, -0.1) is 0 Å². The van der Waals surface area contributed by atoms with Crippen LogP contribution in [-0.2, 0) is 23.7 Å². The van der Waals surface area contributed by atoms with Crippen LogP contribution in [0.5, 0.6) is 0 Å². The standard InChI is InChI=1S/C23H37NO5/c1-2-3-4-6-17(28-23-7-5-12-27-23)8-9-18-19-15-22(25)29-21(19)16-20(18)24-10-13-26-14-11-24/h8-9,17-21,23H,2-7,10-16H2,1H3/b9-8+/t17?,18-,19-,20-,21+,23?/m1/s1. The molecule has 2 unspecified atom stereocenters. The zero-order valence-corrected chi connectivity index (χ0v) is 17.8. The lowest BCUT2D eigenvalue weighted by atomic mass is 9.89. The van der Waals surface area contributed by atoms with Crippen LogP contribution < -0.4 is 0 Å². The van der Waals surface area contributed by atoms with Crippen molar-refractivity contribution in [2.45, 2.75) is 82.8 Å². The Kier molecular flexibility index (Phi) is 7.62. The molecule has 6 nitrogen and oxygen atoms in total. The Morgan fingerprint density at radius 2 is 2.10 bits per heavy atom. The number of carbonyl (C=O) groups is 1. The first-order chi connectivity index (χ1) is 14.2. The molecule has 4 fully saturated rings. The zero-order valence-electron chi connectivity index (χ0n) is 17.8. The van der Waals surface area contributed by atoms with Crippen molar-refractivity contribution in [2.75, 3.05) is 32.9 Å². The molecule has 0 aromatic rings. The van der Waals surface area contributed by atoms with Gasteiger partial charge in [0.15, 0.2) is 6.29 Å². The third-order valence-electron chi connectivity index (χ3n) is 6.94. The number of rotatable bonds is 9. The van der Waals surface area contributed by atoms with E-state index in [1.54, 1.807) is 0 Å². The topological polar surface area (TPSA) is 57.2 Å².